The summed E-state index contributed by atoms with van der Waals surface area (Å²) >= 11 is 0. The van der Waals surface area contributed by atoms with E-state index in [1.165, 1.54) is 35.2 Å². The van der Waals surface area contributed by atoms with E-state index in [1.54, 1.807) is 18.5 Å². The lowest BCUT2D eigenvalue weighted by molar-refractivity contribution is -0.137. The number of carbonyl (C=O) groups is 2. The lowest BCUT2D eigenvalue weighted by Gasteiger charge is -2.38. The van der Waals surface area contributed by atoms with Gasteiger partial charge in [0.15, 0.2) is 0 Å². The van der Waals surface area contributed by atoms with Crippen molar-refractivity contribution in [2.24, 2.45) is 0 Å². The Hall–Kier alpha value is -5.45. The molecule has 0 spiro atoms. The van der Waals surface area contributed by atoms with E-state index in [2.05, 4.69) is 5.32 Å². The number of carbonyl (C=O) groups excluding carboxylic acids is 2. The standard InChI is InChI=1S/C36H30F4N4O3/c1-3-43-34-30(22(2)42-44(34)28-13-8-14-29(20-28)47-21-23-9-5-4-6-10-23)31(24-15-17-27(37)18-16-24)32(35(43)46)41-33(45)25-11-7-12-26(19-25)36(38,39)40/h4-20,31-32H,3,21H2,1-2H3,(H,41,45)/t31-,32+/m0/s1. The van der Waals surface area contributed by atoms with Crippen LogP contribution in [-0.4, -0.2) is 34.2 Å². The highest BCUT2D eigenvalue weighted by molar-refractivity contribution is 6.05. The largest absolute Gasteiger partial charge is 0.489 e. The molecule has 0 radical (unpaired) electrons. The zero-order valence-electron chi connectivity index (χ0n) is 25.5. The number of aryl methyl sites for hydroxylation is 1. The molecule has 2 heterocycles. The van der Waals surface area contributed by atoms with Gasteiger partial charge in [-0.05, 0) is 67.4 Å². The number of hydrogen-bond acceptors (Lipinski definition) is 4. The number of nitrogens with one attached hydrogen (secondary N) is 1. The third kappa shape index (κ3) is 6.33. The summed E-state index contributed by atoms with van der Waals surface area (Å²) in [6.45, 7) is 4.10. The van der Waals surface area contributed by atoms with Crippen molar-refractivity contribution in [1.82, 2.24) is 15.1 Å². The molecule has 0 bridgehead atoms. The van der Waals surface area contributed by atoms with Gasteiger partial charge in [0.1, 0.15) is 30.0 Å². The van der Waals surface area contributed by atoms with Gasteiger partial charge in [-0.2, -0.15) is 18.3 Å². The summed E-state index contributed by atoms with van der Waals surface area (Å²) in [4.78, 5) is 29.2. The summed E-state index contributed by atoms with van der Waals surface area (Å²) < 4.78 is 62.0. The first kappa shape index (κ1) is 31.5. The van der Waals surface area contributed by atoms with E-state index in [0.29, 0.717) is 40.7 Å². The second-order valence-corrected chi connectivity index (χ2v) is 11.1. The number of amides is 2. The van der Waals surface area contributed by atoms with Gasteiger partial charge in [-0.25, -0.2) is 9.07 Å². The number of hydrogen-bond donors (Lipinski definition) is 1. The lowest BCUT2D eigenvalue weighted by Crippen LogP contribution is -2.55. The first-order valence-electron chi connectivity index (χ1n) is 15.0. The number of fused-ring (bicyclic) bond motifs is 1. The molecule has 1 N–H and O–H groups in total. The van der Waals surface area contributed by atoms with Gasteiger partial charge >= 0.3 is 6.18 Å². The third-order valence-corrected chi connectivity index (χ3v) is 8.11. The third-order valence-electron chi connectivity index (χ3n) is 8.11. The van der Waals surface area contributed by atoms with Crippen molar-refractivity contribution in [3.05, 3.63) is 142 Å². The van der Waals surface area contributed by atoms with Crippen LogP contribution in [0.15, 0.2) is 103 Å². The Kier molecular flexibility index (Phi) is 8.55. The number of rotatable bonds is 8. The molecule has 2 amide bonds. The Labute approximate surface area is 268 Å². The predicted molar refractivity (Wildman–Crippen MR) is 168 cm³/mol. The Morgan fingerprint density at radius 2 is 1.66 bits per heavy atom. The molecular weight excluding hydrogens is 612 g/mol. The maximum atomic E-state index is 14.3. The first-order chi connectivity index (χ1) is 22.5. The lowest BCUT2D eigenvalue weighted by atomic mass is 9.81. The van der Waals surface area contributed by atoms with Crippen LogP contribution in [-0.2, 0) is 17.6 Å². The maximum Gasteiger partial charge on any atom is 0.416 e. The van der Waals surface area contributed by atoms with Gasteiger partial charge < -0.3 is 10.1 Å². The zero-order valence-corrected chi connectivity index (χ0v) is 25.5. The fourth-order valence-corrected chi connectivity index (χ4v) is 5.90. The van der Waals surface area contributed by atoms with E-state index in [9.17, 15) is 27.2 Å². The average Bonchev–Trinajstić information content (AvgIpc) is 3.41. The van der Waals surface area contributed by atoms with Gasteiger partial charge in [-0.3, -0.25) is 14.5 Å². The fourth-order valence-electron chi connectivity index (χ4n) is 5.90. The van der Waals surface area contributed by atoms with Crippen LogP contribution in [0.5, 0.6) is 5.75 Å². The van der Waals surface area contributed by atoms with Crippen molar-refractivity contribution < 1.29 is 31.9 Å². The Morgan fingerprint density at radius 3 is 2.36 bits per heavy atom. The summed E-state index contributed by atoms with van der Waals surface area (Å²) in [5.41, 5.74) is 2.06. The van der Waals surface area contributed by atoms with Crippen molar-refractivity contribution in [1.29, 1.82) is 0 Å². The monoisotopic (exact) mass is 642 g/mol. The second-order valence-electron chi connectivity index (χ2n) is 11.1. The molecule has 11 heteroatoms. The summed E-state index contributed by atoms with van der Waals surface area (Å²) in [5, 5.41) is 7.52. The highest BCUT2D eigenvalue weighted by Crippen LogP contribution is 2.43. The molecule has 0 saturated heterocycles. The maximum absolute atomic E-state index is 14.3. The minimum absolute atomic E-state index is 0.202. The van der Waals surface area contributed by atoms with Gasteiger partial charge in [0, 0.05) is 29.7 Å². The van der Waals surface area contributed by atoms with Gasteiger partial charge in [0.05, 0.1) is 16.9 Å². The van der Waals surface area contributed by atoms with Crippen LogP contribution < -0.4 is 15.0 Å². The quantitative estimate of drug-likeness (QED) is 0.182. The molecule has 0 saturated carbocycles. The number of nitrogens with zero attached hydrogens (tertiary/aromatic N) is 3. The van der Waals surface area contributed by atoms with Crippen LogP contribution in [0.2, 0.25) is 0 Å². The number of likely N-dealkylation sites (N-methyl/N-ethyl adjacent to an activating group) is 1. The number of aromatic nitrogens is 2. The summed E-state index contributed by atoms with van der Waals surface area (Å²) in [6, 6.07) is 25.3. The topological polar surface area (TPSA) is 76.5 Å². The molecule has 1 aliphatic heterocycles. The molecule has 7 nitrogen and oxygen atoms in total. The van der Waals surface area contributed by atoms with E-state index in [0.717, 1.165) is 23.8 Å². The van der Waals surface area contributed by atoms with Gasteiger partial charge in [-0.1, -0.05) is 54.6 Å². The van der Waals surface area contributed by atoms with E-state index < -0.39 is 41.3 Å². The van der Waals surface area contributed by atoms with Gasteiger partial charge in [0.2, 0.25) is 0 Å². The minimum atomic E-state index is -4.66. The Morgan fingerprint density at radius 1 is 0.936 bits per heavy atom. The van der Waals surface area contributed by atoms with Crippen LogP contribution in [0.4, 0.5) is 23.4 Å². The molecule has 1 aromatic heterocycles. The molecule has 6 rings (SSSR count). The van der Waals surface area contributed by atoms with Crippen molar-refractivity contribution in [2.75, 3.05) is 11.4 Å². The van der Waals surface area contributed by atoms with Crippen molar-refractivity contribution >= 4 is 17.6 Å². The van der Waals surface area contributed by atoms with E-state index in [4.69, 9.17) is 9.84 Å². The predicted octanol–water partition coefficient (Wildman–Crippen LogP) is 7.21. The highest BCUT2D eigenvalue weighted by Gasteiger charge is 2.45. The molecule has 1 aliphatic rings. The number of alkyl halides is 3. The second kappa shape index (κ2) is 12.7. The van der Waals surface area contributed by atoms with E-state index >= 15 is 0 Å². The molecule has 2 atom stereocenters. The normalized spacial score (nSPS) is 16.1. The molecule has 0 fully saturated rings. The number of anilines is 1. The average molecular weight is 643 g/mol. The zero-order chi connectivity index (χ0) is 33.3. The number of benzene rings is 4. The van der Waals surface area contributed by atoms with Crippen molar-refractivity contribution in [3.63, 3.8) is 0 Å². The van der Waals surface area contributed by atoms with Crippen LogP contribution in [0.1, 0.15) is 51.1 Å². The van der Waals surface area contributed by atoms with E-state index in [1.807, 2.05) is 54.6 Å². The first-order valence-corrected chi connectivity index (χ1v) is 15.0. The van der Waals surface area contributed by atoms with Crippen molar-refractivity contribution in [2.45, 2.75) is 38.6 Å². The SMILES string of the molecule is CCN1C(=O)[C@H](NC(=O)c2cccc(C(F)(F)F)c2)[C@@H](c2ccc(F)cc2)c2c(C)nn(-c3cccc(OCc4ccccc4)c3)c21. The Balaban J connectivity index is 1.42. The summed E-state index contributed by atoms with van der Waals surface area (Å²) in [5.74, 6) is -1.62. The molecule has 47 heavy (non-hydrogen) atoms. The van der Waals surface area contributed by atoms with Crippen molar-refractivity contribution in [3.8, 4) is 11.4 Å². The number of halogens is 4. The van der Waals surface area contributed by atoms with Crippen LogP contribution in [0.25, 0.3) is 5.69 Å². The smallest absolute Gasteiger partial charge is 0.416 e. The highest BCUT2D eigenvalue weighted by atomic mass is 19.4. The molecule has 4 aromatic carbocycles. The summed E-state index contributed by atoms with van der Waals surface area (Å²) in [7, 11) is 0. The minimum Gasteiger partial charge on any atom is -0.489 e. The molecule has 0 aliphatic carbocycles. The molecule has 5 aromatic rings. The van der Waals surface area contributed by atoms with Gasteiger partial charge in [-0.15, -0.1) is 0 Å². The number of ether oxygens (including phenoxy) is 1. The van der Waals surface area contributed by atoms with Crippen LogP contribution in [0.3, 0.4) is 0 Å². The Bertz CT molecular complexity index is 1920. The molecular formula is C36H30F4N4O3. The summed E-state index contributed by atoms with van der Waals surface area (Å²) in [6.07, 6.45) is -4.66. The molecule has 0 unspecified atom stereocenters. The van der Waals surface area contributed by atoms with Gasteiger partial charge in [0.25, 0.3) is 11.8 Å². The van der Waals surface area contributed by atoms with E-state index in [-0.39, 0.29) is 12.1 Å². The molecule has 240 valence electrons. The van der Waals surface area contributed by atoms with Crippen LogP contribution in [0, 0.1) is 12.7 Å². The van der Waals surface area contributed by atoms with Crippen LogP contribution >= 0.6 is 0 Å². The fraction of sp³-hybridized carbons (Fsp3) is 0.194.